The van der Waals surface area contributed by atoms with Gasteiger partial charge in [0, 0.05) is 30.1 Å². The molecule has 0 aliphatic heterocycles. The third kappa shape index (κ3) is 7.56. The number of halogens is 4. The molecule has 1 aromatic carbocycles. The Labute approximate surface area is 215 Å². The van der Waals surface area contributed by atoms with Crippen molar-refractivity contribution in [3.8, 4) is 28.7 Å². The third-order valence-corrected chi connectivity index (χ3v) is 4.72. The van der Waals surface area contributed by atoms with E-state index in [-0.39, 0.29) is 17.1 Å². The summed E-state index contributed by atoms with van der Waals surface area (Å²) >= 11 is 0. The molecule has 182 valence electrons. The first-order valence-electron chi connectivity index (χ1n) is 10.6. The first kappa shape index (κ1) is 26.7. The van der Waals surface area contributed by atoms with Gasteiger partial charge in [-0.15, -0.1) is 5.10 Å². The molecule has 0 bridgehead atoms. The smallest absolute Gasteiger partial charge is 0.418 e. The SMILES string of the molecule is F[B-](F)(F)F.[Fe+2].c1ccc(C[n+]2ccc(-n3nc(-c4ccccn4)nc3-c3ccccn3)cc2)cc1. The molecule has 36 heavy (non-hydrogen) atoms. The van der Waals surface area contributed by atoms with Gasteiger partial charge in [-0.1, -0.05) is 42.5 Å². The van der Waals surface area contributed by atoms with Crippen molar-refractivity contribution in [3.05, 3.63) is 109 Å². The number of benzene rings is 1. The Morgan fingerprint density at radius 1 is 0.722 bits per heavy atom. The fraction of sp³-hybridized carbons (Fsp3) is 0.0417. The van der Waals surface area contributed by atoms with E-state index in [1.165, 1.54) is 5.56 Å². The normalized spacial score (nSPS) is 10.7. The van der Waals surface area contributed by atoms with E-state index in [4.69, 9.17) is 10.1 Å². The maximum Gasteiger partial charge on any atom is 2.00 e. The maximum atomic E-state index is 9.75. The summed E-state index contributed by atoms with van der Waals surface area (Å²) in [5.41, 5.74) is 3.65. The minimum atomic E-state index is -6.00. The number of nitrogens with zero attached hydrogens (tertiary/aromatic N) is 6. The van der Waals surface area contributed by atoms with Crippen molar-refractivity contribution in [2.45, 2.75) is 6.54 Å². The molecule has 12 heteroatoms. The van der Waals surface area contributed by atoms with E-state index < -0.39 is 7.25 Å². The molecule has 0 saturated heterocycles. The quantitative estimate of drug-likeness (QED) is 0.181. The van der Waals surface area contributed by atoms with Gasteiger partial charge in [-0.05, 0) is 24.3 Å². The average molecular weight is 534 g/mol. The zero-order valence-corrected chi connectivity index (χ0v) is 19.8. The van der Waals surface area contributed by atoms with E-state index >= 15 is 0 Å². The standard InChI is InChI=1S/C24H19N6.BF4.Fe/c1-2-8-19(9-3-1)18-29-16-12-20(13-17-29)30-24(22-11-5-7-15-26-22)27-23(28-30)21-10-4-6-14-25-21;2-1(3,4)5;/h1-17H,18H2;;/q+1;-1;+2. The summed E-state index contributed by atoms with van der Waals surface area (Å²) in [7, 11) is -6.00. The van der Waals surface area contributed by atoms with Crippen molar-refractivity contribution >= 4 is 7.25 Å². The summed E-state index contributed by atoms with van der Waals surface area (Å²) in [6.45, 7) is 0.810. The number of hydrogen-bond donors (Lipinski definition) is 0. The summed E-state index contributed by atoms with van der Waals surface area (Å²) in [4.78, 5) is 13.6. The van der Waals surface area contributed by atoms with Crippen molar-refractivity contribution in [3.63, 3.8) is 0 Å². The fourth-order valence-corrected chi connectivity index (χ4v) is 3.25. The summed E-state index contributed by atoms with van der Waals surface area (Å²) in [6.07, 6.45) is 7.60. The van der Waals surface area contributed by atoms with Gasteiger partial charge in [0.1, 0.15) is 11.4 Å². The largest absolute Gasteiger partial charge is 2.00 e. The maximum absolute atomic E-state index is 9.75. The fourth-order valence-electron chi connectivity index (χ4n) is 3.25. The zero-order valence-electron chi connectivity index (χ0n) is 18.6. The van der Waals surface area contributed by atoms with Crippen LogP contribution in [0.4, 0.5) is 17.3 Å². The number of hydrogen-bond acceptors (Lipinski definition) is 4. The second-order valence-electron chi connectivity index (χ2n) is 7.31. The predicted octanol–water partition coefficient (Wildman–Crippen LogP) is 5.02. The molecular formula is C24H19BF4FeN6+2. The molecule has 6 nitrogen and oxygen atoms in total. The average Bonchev–Trinajstić information content (AvgIpc) is 3.31. The van der Waals surface area contributed by atoms with E-state index in [9.17, 15) is 17.3 Å². The van der Waals surface area contributed by atoms with Crippen LogP contribution in [0.1, 0.15) is 5.56 Å². The van der Waals surface area contributed by atoms with E-state index in [0.29, 0.717) is 11.6 Å². The summed E-state index contributed by atoms with van der Waals surface area (Å²) in [5.74, 6) is 1.24. The Hall–Kier alpha value is -3.89. The molecule has 0 atom stereocenters. The van der Waals surface area contributed by atoms with Gasteiger partial charge in [0.05, 0.1) is 5.69 Å². The van der Waals surface area contributed by atoms with Crippen molar-refractivity contribution in [2.24, 2.45) is 0 Å². The van der Waals surface area contributed by atoms with Crippen molar-refractivity contribution < 1.29 is 38.9 Å². The molecular weight excluding hydrogens is 515 g/mol. The van der Waals surface area contributed by atoms with Crippen LogP contribution in [0, 0.1) is 0 Å². The van der Waals surface area contributed by atoms with Crippen LogP contribution < -0.4 is 4.57 Å². The molecule has 4 aromatic heterocycles. The Morgan fingerprint density at radius 3 is 1.83 bits per heavy atom. The molecule has 0 radical (unpaired) electrons. The topological polar surface area (TPSA) is 60.4 Å². The first-order chi connectivity index (χ1) is 16.9. The molecule has 5 aromatic rings. The van der Waals surface area contributed by atoms with Crippen LogP contribution in [0.3, 0.4) is 0 Å². The molecule has 0 aliphatic rings. The molecule has 5 rings (SSSR count). The van der Waals surface area contributed by atoms with Crippen molar-refractivity contribution in [1.29, 1.82) is 0 Å². The van der Waals surface area contributed by atoms with Gasteiger partial charge in [-0.2, -0.15) is 0 Å². The Kier molecular flexibility index (Phi) is 9.04. The van der Waals surface area contributed by atoms with Crippen LogP contribution in [0.5, 0.6) is 0 Å². The molecule has 0 unspecified atom stereocenters. The van der Waals surface area contributed by atoms with Gasteiger partial charge in [0.15, 0.2) is 24.8 Å². The van der Waals surface area contributed by atoms with Gasteiger partial charge in [0.2, 0.25) is 5.82 Å². The van der Waals surface area contributed by atoms with Crippen LogP contribution in [-0.4, -0.2) is 32.0 Å². The van der Waals surface area contributed by atoms with Gasteiger partial charge >= 0.3 is 24.3 Å². The van der Waals surface area contributed by atoms with E-state index in [1.54, 1.807) is 12.4 Å². The molecule has 0 spiro atoms. The summed E-state index contributed by atoms with van der Waals surface area (Å²) in [6, 6.07) is 25.9. The first-order valence-corrected chi connectivity index (χ1v) is 10.6. The van der Waals surface area contributed by atoms with Gasteiger partial charge in [0.25, 0.3) is 0 Å². The molecule has 0 aliphatic carbocycles. The van der Waals surface area contributed by atoms with E-state index in [2.05, 4.69) is 38.8 Å². The number of aromatic nitrogens is 6. The number of rotatable bonds is 5. The van der Waals surface area contributed by atoms with E-state index in [1.807, 2.05) is 71.7 Å². The Bertz CT molecular complexity index is 1350. The van der Waals surface area contributed by atoms with Crippen LogP contribution in [0.15, 0.2) is 104 Å². The predicted molar refractivity (Wildman–Crippen MR) is 124 cm³/mol. The third-order valence-electron chi connectivity index (χ3n) is 4.72. The zero-order chi connectivity index (χ0) is 24.7. The van der Waals surface area contributed by atoms with Crippen LogP contribution in [0.2, 0.25) is 0 Å². The van der Waals surface area contributed by atoms with Crippen LogP contribution in [-0.2, 0) is 23.6 Å². The molecule has 0 saturated carbocycles. The molecule has 0 N–H and O–H groups in total. The number of pyridine rings is 3. The van der Waals surface area contributed by atoms with Crippen molar-refractivity contribution in [2.75, 3.05) is 0 Å². The van der Waals surface area contributed by atoms with Crippen LogP contribution in [0.25, 0.3) is 28.7 Å². The molecule has 0 fully saturated rings. The summed E-state index contributed by atoms with van der Waals surface area (Å²) < 4.78 is 43.0. The molecule has 0 amide bonds. The Balaban J connectivity index is 0.000000551. The molecule has 4 heterocycles. The monoisotopic (exact) mass is 534 g/mol. The second-order valence-corrected chi connectivity index (χ2v) is 7.31. The second kappa shape index (κ2) is 12.2. The minimum absolute atomic E-state index is 0. The van der Waals surface area contributed by atoms with Crippen LogP contribution >= 0.6 is 0 Å². The van der Waals surface area contributed by atoms with E-state index in [0.717, 1.165) is 23.6 Å². The Morgan fingerprint density at radius 2 is 1.28 bits per heavy atom. The van der Waals surface area contributed by atoms with Crippen molar-refractivity contribution in [1.82, 2.24) is 24.7 Å². The minimum Gasteiger partial charge on any atom is -0.418 e. The van der Waals surface area contributed by atoms with Gasteiger partial charge < -0.3 is 17.3 Å². The van der Waals surface area contributed by atoms with Gasteiger partial charge in [-0.25, -0.2) is 14.2 Å². The summed E-state index contributed by atoms with van der Waals surface area (Å²) in [5, 5.41) is 4.73. The van der Waals surface area contributed by atoms with Gasteiger partial charge in [-0.3, -0.25) is 9.97 Å².